The van der Waals surface area contributed by atoms with Crippen LogP contribution in [0.25, 0.3) is 0 Å². The summed E-state index contributed by atoms with van der Waals surface area (Å²) >= 11 is 0. The Kier molecular flexibility index (Phi) is 8.81. The highest BCUT2D eigenvalue weighted by Crippen LogP contribution is 2.41. The minimum absolute atomic E-state index is 0.189. The minimum atomic E-state index is -2.00. The first-order valence-corrected chi connectivity index (χ1v) is 8.91. The first-order valence-electron chi connectivity index (χ1n) is 8.91. The Morgan fingerprint density at radius 2 is 1.64 bits per heavy atom. The summed E-state index contributed by atoms with van der Waals surface area (Å²) in [7, 11) is 1.00. The summed E-state index contributed by atoms with van der Waals surface area (Å²) in [4.78, 5) is 12.5. The average molecular weight is 398 g/mol. The largest absolute Gasteiger partial charge is 0.400 e. The molecule has 3 atom stereocenters. The molecule has 0 saturated carbocycles. The van der Waals surface area contributed by atoms with Crippen LogP contribution < -0.4 is 0 Å². The zero-order chi connectivity index (χ0) is 21.6. The topological polar surface area (TPSA) is 77.8 Å². The van der Waals surface area contributed by atoms with Crippen molar-refractivity contribution in [2.45, 2.75) is 39.4 Å². The number of carbonyl (C=O) groups excluding carboxylic acids is 1. The van der Waals surface area contributed by atoms with Gasteiger partial charge < -0.3 is 15.3 Å². The van der Waals surface area contributed by atoms with Crippen molar-refractivity contribution in [2.75, 3.05) is 7.11 Å². The van der Waals surface area contributed by atoms with Crippen LogP contribution in [0.1, 0.15) is 37.5 Å². The Morgan fingerprint density at radius 3 is 2.25 bits per heavy atom. The third-order valence-corrected chi connectivity index (χ3v) is 4.40. The van der Waals surface area contributed by atoms with Crippen molar-refractivity contribution in [1.29, 1.82) is 0 Å². The lowest BCUT2D eigenvalue weighted by molar-refractivity contribution is -0.124. The molecule has 1 aromatic carbocycles. The standard InChI is InChI=1S/C18H15F3O3.C2H6.CH4O/c1-8-7-11(19)15(21)12(14(8)20)18(24)13-16(22)9-5-3-2-4-6-10(9)17(13)23;2*1-2/h3-7,13,16,18,22,24H,2H2,1H3;1-2H3;2H,1H3. The molecule has 3 rings (SSSR count). The van der Waals surface area contributed by atoms with Crippen LogP contribution in [0.4, 0.5) is 13.2 Å². The van der Waals surface area contributed by atoms with Gasteiger partial charge >= 0.3 is 0 Å². The van der Waals surface area contributed by atoms with E-state index in [2.05, 4.69) is 0 Å². The van der Waals surface area contributed by atoms with E-state index in [9.17, 15) is 28.2 Å². The number of halogens is 3. The molecular formula is C21H25F3O4. The molecule has 7 heteroatoms. The molecule has 2 aliphatic rings. The predicted molar refractivity (Wildman–Crippen MR) is 99.9 cm³/mol. The summed E-state index contributed by atoms with van der Waals surface area (Å²) in [6, 6.07) is 0.673. The molecule has 2 aliphatic carbocycles. The number of hydrogen-bond donors (Lipinski definition) is 3. The zero-order valence-electron chi connectivity index (χ0n) is 16.2. The van der Waals surface area contributed by atoms with Crippen molar-refractivity contribution in [3.63, 3.8) is 0 Å². The summed E-state index contributed by atoms with van der Waals surface area (Å²) in [5, 5.41) is 27.8. The van der Waals surface area contributed by atoms with Gasteiger partial charge in [-0.05, 0) is 30.5 Å². The maximum absolute atomic E-state index is 14.2. The lowest BCUT2D eigenvalue weighted by atomic mass is 9.88. The molecule has 0 aromatic heterocycles. The lowest BCUT2D eigenvalue weighted by Crippen LogP contribution is -2.30. The van der Waals surface area contributed by atoms with Crippen LogP contribution in [0.15, 0.2) is 41.5 Å². The summed E-state index contributed by atoms with van der Waals surface area (Å²) in [5.74, 6) is -6.13. The maximum atomic E-state index is 14.2. The van der Waals surface area contributed by atoms with E-state index in [0.717, 1.165) is 7.11 Å². The molecule has 0 fully saturated rings. The number of benzene rings is 1. The third kappa shape index (κ3) is 4.27. The molecule has 0 aliphatic heterocycles. The van der Waals surface area contributed by atoms with Gasteiger partial charge in [0.15, 0.2) is 17.4 Å². The van der Waals surface area contributed by atoms with Gasteiger partial charge in [0, 0.05) is 12.7 Å². The van der Waals surface area contributed by atoms with E-state index in [1.165, 1.54) is 13.0 Å². The van der Waals surface area contributed by atoms with E-state index in [1.807, 2.05) is 13.8 Å². The van der Waals surface area contributed by atoms with Crippen molar-refractivity contribution in [1.82, 2.24) is 0 Å². The van der Waals surface area contributed by atoms with Crippen molar-refractivity contribution >= 4 is 5.78 Å². The molecule has 1 aromatic rings. The number of rotatable bonds is 2. The molecule has 0 heterocycles. The minimum Gasteiger partial charge on any atom is -0.400 e. The molecule has 28 heavy (non-hydrogen) atoms. The summed E-state index contributed by atoms with van der Waals surface area (Å²) in [6.07, 6.45) is 3.63. The van der Waals surface area contributed by atoms with E-state index in [-0.39, 0.29) is 16.7 Å². The van der Waals surface area contributed by atoms with Gasteiger partial charge in [-0.15, -0.1) is 0 Å². The molecule has 0 saturated heterocycles. The number of aliphatic hydroxyl groups excluding tert-OH is 3. The van der Waals surface area contributed by atoms with E-state index in [4.69, 9.17) is 5.11 Å². The maximum Gasteiger partial charge on any atom is 0.172 e. The number of carbonyl (C=O) groups is 1. The van der Waals surface area contributed by atoms with Crippen LogP contribution in [0.3, 0.4) is 0 Å². The van der Waals surface area contributed by atoms with Crippen molar-refractivity contribution in [3.05, 3.63) is 70.1 Å². The number of hydrogen-bond acceptors (Lipinski definition) is 4. The van der Waals surface area contributed by atoms with E-state index >= 15 is 0 Å². The number of ketones is 1. The molecule has 0 radical (unpaired) electrons. The fraction of sp³-hybridized carbons (Fsp3) is 0.381. The number of allylic oxidation sites excluding steroid dienone is 4. The van der Waals surface area contributed by atoms with Gasteiger partial charge in [-0.3, -0.25) is 4.79 Å². The van der Waals surface area contributed by atoms with E-state index in [1.54, 1.807) is 18.2 Å². The number of aryl methyl sites for hydroxylation is 1. The molecule has 3 unspecified atom stereocenters. The summed E-state index contributed by atoms with van der Waals surface area (Å²) in [5.41, 5.74) is -0.659. The van der Waals surface area contributed by atoms with Crippen molar-refractivity contribution in [3.8, 4) is 0 Å². The Hall–Kier alpha value is -2.22. The highest BCUT2D eigenvalue weighted by atomic mass is 19.2. The van der Waals surface area contributed by atoms with Gasteiger partial charge in [-0.25, -0.2) is 13.2 Å². The van der Waals surface area contributed by atoms with Crippen LogP contribution in [0, 0.1) is 30.3 Å². The highest BCUT2D eigenvalue weighted by Gasteiger charge is 2.45. The van der Waals surface area contributed by atoms with Crippen molar-refractivity contribution < 1.29 is 33.3 Å². The fourth-order valence-corrected chi connectivity index (χ4v) is 3.15. The Balaban J connectivity index is 0.000000921. The second-order valence-electron chi connectivity index (χ2n) is 5.91. The fourth-order valence-electron chi connectivity index (χ4n) is 3.15. The van der Waals surface area contributed by atoms with Crippen LogP contribution >= 0.6 is 0 Å². The quantitative estimate of drug-likeness (QED) is 0.667. The molecule has 154 valence electrons. The van der Waals surface area contributed by atoms with Gasteiger partial charge in [-0.2, -0.15) is 0 Å². The van der Waals surface area contributed by atoms with Crippen LogP contribution in [-0.2, 0) is 4.79 Å². The molecule has 0 bridgehead atoms. The lowest BCUT2D eigenvalue weighted by Gasteiger charge is -2.23. The van der Waals surface area contributed by atoms with E-state index < -0.39 is 46.9 Å². The number of aliphatic hydroxyl groups is 3. The summed E-state index contributed by atoms with van der Waals surface area (Å²) < 4.78 is 41.8. The Labute approximate surface area is 162 Å². The second-order valence-corrected chi connectivity index (χ2v) is 5.91. The molecule has 0 amide bonds. The SMILES string of the molecule is CC.CO.Cc1cc(F)c(F)c(C(O)C2C(=O)C3=C(C=CCC=C3)C2O)c1F. The highest BCUT2D eigenvalue weighted by molar-refractivity contribution is 6.05. The molecular weight excluding hydrogens is 373 g/mol. The molecule has 3 N–H and O–H groups in total. The first-order chi connectivity index (χ1) is 13.3. The zero-order valence-corrected chi connectivity index (χ0v) is 16.2. The first kappa shape index (κ1) is 23.8. The average Bonchev–Trinajstić information content (AvgIpc) is 2.87. The Bertz CT molecular complexity index is 786. The number of Topliss-reactive ketones (excluding diaryl/α,β-unsaturated/α-hetero) is 1. The van der Waals surface area contributed by atoms with Gasteiger partial charge in [-0.1, -0.05) is 38.2 Å². The van der Waals surface area contributed by atoms with Gasteiger partial charge in [0.1, 0.15) is 5.82 Å². The van der Waals surface area contributed by atoms with Crippen molar-refractivity contribution in [2.24, 2.45) is 5.92 Å². The van der Waals surface area contributed by atoms with Crippen LogP contribution in [0.2, 0.25) is 0 Å². The van der Waals surface area contributed by atoms with Gasteiger partial charge in [0.25, 0.3) is 0 Å². The molecule has 0 spiro atoms. The normalized spacial score (nSPS) is 21.3. The third-order valence-electron chi connectivity index (χ3n) is 4.40. The smallest absolute Gasteiger partial charge is 0.172 e. The van der Waals surface area contributed by atoms with Gasteiger partial charge in [0.05, 0.1) is 23.7 Å². The Morgan fingerprint density at radius 1 is 1.07 bits per heavy atom. The summed E-state index contributed by atoms with van der Waals surface area (Å²) in [6.45, 7) is 5.22. The van der Waals surface area contributed by atoms with Gasteiger partial charge in [0.2, 0.25) is 0 Å². The van der Waals surface area contributed by atoms with Crippen LogP contribution in [0.5, 0.6) is 0 Å². The monoisotopic (exact) mass is 398 g/mol. The van der Waals surface area contributed by atoms with E-state index in [0.29, 0.717) is 12.5 Å². The molecule has 4 nitrogen and oxygen atoms in total. The van der Waals surface area contributed by atoms with Crippen LogP contribution in [-0.4, -0.2) is 34.3 Å². The predicted octanol–water partition coefficient (Wildman–Crippen LogP) is 3.45. The second kappa shape index (κ2) is 10.4.